The predicted octanol–water partition coefficient (Wildman–Crippen LogP) is 3.62. The number of rotatable bonds is 4. The molecular formula is C19H18ClN3O4. The number of aromatic nitrogens is 1. The number of carbonyl (C=O) groups is 3. The van der Waals surface area contributed by atoms with Crippen LogP contribution in [0.5, 0.6) is 0 Å². The summed E-state index contributed by atoms with van der Waals surface area (Å²) in [6.45, 7) is -0.166. The Bertz CT molecular complexity index is 887. The zero-order valence-corrected chi connectivity index (χ0v) is 15.3. The Balaban J connectivity index is 1.51. The van der Waals surface area contributed by atoms with Crippen LogP contribution in [0.1, 0.15) is 38.0 Å². The number of hydrogen-bond donors (Lipinski definition) is 0. The summed E-state index contributed by atoms with van der Waals surface area (Å²) < 4.78 is 5.65. The third kappa shape index (κ3) is 3.35. The van der Waals surface area contributed by atoms with Gasteiger partial charge in [0, 0.05) is 16.6 Å². The number of hydrogen-bond acceptors (Lipinski definition) is 5. The molecule has 0 N–H and O–H groups in total. The number of benzene rings is 1. The van der Waals surface area contributed by atoms with Gasteiger partial charge in [0.2, 0.25) is 5.89 Å². The zero-order chi connectivity index (χ0) is 19.0. The zero-order valence-electron chi connectivity index (χ0n) is 14.6. The molecule has 0 radical (unpaired) electrons. The molecule has 1 aliphatic carbocycles. The van der Waals surface area contributed by atoms with Crippen molar-refractivity contribution in [2.75, 3.05) is 0 Å². The highest BCUT2D eigenvalue weighted by Gasteiger charge is 2.48. The van der Waals surface area contributed by atoms with Crippen molar-refractivity contribution in [1.82, 2.24) is 14.8 Å². The smallest absolute Gasteiger partial charge is 0.334 e. The molecule has 8 heteroatoms. The molecule has 27 heavy (non-hydrogen) atoms. The lowest BCUT2D eigenvalue weighted by Crippen LogP contribution is -2.42. The molecule has 1 aliphatic heterocycles. The van der Waals surface area contributed by atoms with Gasteiger partial charge in [0.25, 0.3) is 0 Å². The van der Waals surface area contributed by atoms with E-state index in [1.54, 1.807) is 24.3 Å². The Morgan fingerprint density at radius 3 is 2.44 bits per heavy atom. The van der Waals surface area contributed by atoms with Crippen LogP contribution in [-0.2, 0) is 16.1 Å². The third-order valence-corrected chi connectivity index (χ3v) is 5.25. The van der Waals surface area contributed by atoms with Crippen molar-refractivity contribution in [3.8, 4) is 11.3 Å². The number of amides is 4. The lowest BCUT2D eigenvalue weighted by Gasteiger charge is -2.28. The Labute approximate surface area is 160 Å². The summed E-state index contributed by atoms with van der Waals surface area (Å²) >= 11 is 5.88. The van der Waals surface area contributed by atoms with Gasteiger partial charge in [-0.1, -0.05) is 30.9 Å². The number of nitrogens with zero attached hydrogens (tertiary/aromatic N) is 3. The number of carbonyl (C=O) groups excluding carboxylic acids is 3. The minimum Gasteiger partial charge on any atom is -0.439 e. The van der Waals surface area contributed by atoms with Gasteiger partial charge < -0.3 is 4.42 Å². The van der Waals surface area contributed by atoms with E-state index in [4.69, 9.17) is 16.0 Å². The van der Waals surface area contributed by atoms with Crippen molar-refractivity contribution in [1.29, 1.82) is 0 Å². The average molecular weight is 388 g/mol. The number of urea groups is 1. The van der Waals surface area contributed by atoms with E-state index in [2.05, 4.69) is 4.98 Å². The van der Waals surface area contributed by atoms with Crippen molar-refractivity contribution in [2.45, 2.75) is 44.7 Å². The molecule has 2 aromatic rings. The monoisotopic (exact) mass is 387 g/mol. The van der Waals surface area contributed by atoms with Crippen LogP contribution in [0.3, 0.4) is 0 Å². The van der Waals surface area contributed by atoms with Gasteiger partial charge in [0.15, 0.2) is 5.76 Å². The van der Waals surface area contributed by atoms with Crippen molar-refractivity contribution in [2.24, 2.45) is 0 Å². The fourth-order valence-corrected chi connectivity index (χ4v) is 3.72. The lowest BCUT2D eigenvalue weighted by atomic mass is 9.94. The number of oxazole rings is 1. The van der Waals surface area contributed by atoms with Crippen molar-refractivity contribution in [3.05, 3.63) is 41.4 Å². The maximum Gasteiger partial charge on any atom is 0.334 e. The Hall–Kier alpha value is -2.67. The number of halogens is 1. The summed E-state index contributed by atoms with van der Waals surface area (Å²) in [7, 11) is 0. The topological polar surface area (TPSA) is 83.7 Å². The second-order valence-corrected chi connectivity index (χ2v) is 7.20. The summed E-state index contributed by atoms with van der Waals surface area (Å²) in [5.74, 6) is -0.885. The van der Waals surface area contributed by atoms with Crippen LogP contribution in [0.4, 0.5) is 4.79 Å². The van der Waals surface area contributed by atoms with Gasteiger partial charge in [-0.3, -0.25) is 14.5 Å². The molecule has 4 amide bonds. The lowest BCUT2D eigenvalue weighted by molar-refractivity contribution is -0.144. The quantitative estimate of drug-likeness (QED) is 0.591. The summed E-state index contributed by atoms with van der Waals surface area (Å²) in [4.78, 5) is 43.5. The van der Waals surface area contributed by atoms with Crippen LogP contribution >= 0.6 is 11.6 Å². The van der Waals surface area contributed by atoms with Crippen LogP contribution < -0.4 is 0 Å². The molecule has 2 heterocycles. The van der Waals surface area contributed by atoms with Gasteiger partial charge in [0.05, 0.1) is 6.20 Å². The van der Waals surface area contributed by atoms with Gasteiger partial charge in [-0.05, 0) is 37.1 Å². The van der Waals surface area contributed by atoms with Crippen molar-refractivity contribution in [3.63, 3.8) is 0 Å². The molecule has 1 aromatic heterocycles. The molecule has 0 atom stereocenters. The van der Waals surface area contributed by atoms with E-state index in [0.717, 1.165) is 47.5 Å². The fourth-order valence-electron chi connectivity index (χ4n) is 3.59. The Kier molecular flexibility index (Phi) is 4.70. The first-order chi connectivity index (χ1) is 13.0. The van der Waals surface area contributed by atoms with Crippen LogP contribution in [0.2, 0.25) is 5.02 Å². The van der Waals surface area contributed by atoms with E-state index in [1.165, 1.54) is 6.20 Å². The normalized spacial score (nSPS) is 18.6. The Morgan fingerprint density at radius 1 is 1.04 bits per heavy atom. The average Bonchev–Trinajstić information content (AvgIpc) is 3.22. The van der Waals surface area contributed by atoms with Crippen LogP contribution in [0.25, 0.3) is 11.3 Å². The Morgan fingerprint density at radius 2 is 1.74 bits per heavy atom. The molecule has 2 aliphatic rings. The van der Waals surface area contributed by atoms with Crippen molar-refractivity contribution < 1.29 is 18.8 Å². The van der Waals surface area contributed by atoms with E-state index < -0.39 is 17.8 Å². The van der Waals surface area contributed by atoms with Crippen LogP contribution in [-0.4, -0.2) is 38.7 Å². The van der Waals surface area contributed by atoms with Crippen LogP contribution in [0, 0.1) is 0 Å². The molecule has 4 rings (SSSR count). The van der Waals surface area contributed by atoms with Gasteiger partial charge in [-0.15, -0.1) is 0 Å². The SMILES string of the molecule is O=C1C(=O)N(C2CCCCC2)C(=O)N1Cc1ncc(-c2ccc(Cl)cc2)o1. The maximum atomic E-state index is 12.7. The first-order valence-corrected chi connectivity index (χ1v) is 9.32. The summed E-state index contributed by atoms with van der Waals surface area (Å²) in [6.07, 6.45) is 6.02. The fraction of sp³-hybridized carbons (Fsp3) is 0.368. The minimum absolute atomic E-state index is 0.166. The third-order valence-electron chi connectivity index (χ3n) is 5.00. The first-order valence-electron chi connectivity index (χ1n) is 8.94. The highest BCUT2D eigenvalue weighted by Crippen LogP contribution is 2.28. The summed E-state index contributed by atoms with van der Waals surface area (Å²) in [5.41, 5.74) is 0.775. The van der Waals surface area contributed by atoms with E-state index in [9.17, 15) is 14.4 Å². The predicted molar refractivity (Wildman–Crippen MR) is 96.6 cm³/mol. The highest BCUT2D eigenvalue weighted by molar-refractivity contribution is 6.44. The van der Waals surface area contributed by atoms with E-state index >= 15 is 0 Å². The second-order valence-electron chi connectivity index (χ2n) is 6.77. The van der Waals surface area contributed by atoms with E-state index in [1.807, 2.05) is 0 Å². The molecule has 1 saturated heterocycles. The summed E-state index contributed by atoms with van der Waals surface area (Å²) in [6, 6.07) is 6.26. The van der Waals surface area contributed by atoms with Gasteiger partial charge >= 0.3 is 17.8 Å². The highest BCUT2D eigenvalue weighted by atomic mass is 35.5. The number of imide groups is 2. The van der Waals surface area contributed by atoms with Crippen molar-refractivity contribution >= 4 is 29.4 Å². The maximum absolute atomic E-state index is 12.7. The van der Waals surface area contributed by atoms with Gasteiger partial charge in [-0.2, -0.15) is 0 Å². The molecular weight excluding hydrogens is 370 g/mol. The standard InChI is InChI=1S/C19H18ClN3O4/c20-13-8-6-12(7-9-13)15-10-21-16(27-15)11-22-17(24)18(25)23(19(22)26)14-4-2-1-3-5-14/h6-10,14H,1-5,11H2. The minimum atomic E-state index is -0.822. The molecule has 1 aromatic carbocycles. The molecule has 2 fully saturated rings. The van der Waals surface area contributed by atoms with Gasteiger partial charge in [-0.25, -0.2) is 14.7 Å². The molecule has 1 saturated carbocycles. The molecule has 0 bridgehead atoms. The van der Waals surface area contributed by atoms with E-state index in [0.29, 0.717) is 10.8 Å². The summed E-state index contributed by atoms with van der Waals surface area (Å²) in [5, 5.41) is 0.605. The second kappa shape index (κ2) is 7.15. The molecule has 7 nitrogen and oxygen atoms in total. The van der Waals surface area contributed by atoms with Gasteiger partial charge in [0.1, 0.15) is 6.54 Å². The first kappa shape index (κ1) is 17.7. The van der Waals surface area contributed by atoms with Crippen LogP contribution in [0.15, 0.2) is 34.9 Å². The van der Waals surface area contributed by atoms with E-state index in [-0.39, 0.29) is 18.5 Å². The largest absolute Gasteiger partial charge is 0.439 e. The molecule has 0 spiro atoms. The molecule has 140 valence electrons. The molecule has 0 unspecified atom stereocenters.